The van der Waals surface area contributed by atoms with Crippen LogP contribution in [0.25, 0.3) is 11.4 Å². The van der Waals surface area contributed by atoms with Gasteiger partial charge in [0, 0.05) is 18.5 Å². The molecule has 0 saturated carbocycles. The second-order valence-corrected chi connectivity index (χ2v) is 6.76. The number of hydrogen-bond acceptors (Lipinski definition) is 4. The van der Waals surface area contributed by atoms with Crippen molar-refractivity contribution in [3.63, 3.8) is 0 Å². The molecule has 146 valence electrons. The minimum atomic E-state index is -0.266. The number of aryl methyl sites for hydroxylation is 2. The number of carbonyl (C=O) groups excluding carboxylic acids is 1. The molecule has 0 radical (unpaired) electrons. The number of nitrogens with zero attached hydrogens (tertiary/aromatic N) is 3. The predicted octanol–water partition coefficient (Wildman–Crippen LogP) is 3.25. The molecule has 3 aromatic rings. The molecule has 0 amide bonds. The molecular formula is C22H25N3O3. The Morgan fingerprint density at radius 2 is 1.89 bits per heavy atom. The van der Waals surface area contributed by atoms with Gasteiger partial charge in [-0.15, -0.1) is 5.10 Å². The number of carbonyl (C=O) groups is 1. The quantitative estimate of drug-likeness (QED) is 0.603. The third-order valence-corrected chi connectivity index (χ3v) is 4.69. The summed E-state index contributed by atoms with van der Waals surface area (Å²) in [4.78, 5) is 25.1. The number of aromatic nitrogens is 3. The van der Waals surface area contributed by atoms with Crippen LogP contribution in [0.3, 0.4) is 0 Å². The molecule has 1 aromatic heterocycles. The first-order chi connectivity index (χ1) is 13.5. The van der Waals surface area contributed by atoms with E-state index < -0.39 is 0 Å². The van der Waals surface area contributed by atoms with Crippen LogP contribution in [0, 0.1) is 6.92 Å². The van der Waals surface area contributed by atoms with Crippen LogP contribution in [0.15, 0.2) is 53.3 Å². The lowest BCUT2D eigenvalue weighted by atomic mass is 10.1. The highest BCUT2D eigenvalue weighted by Gasteiger charge is 2.16. The van der Waals surface area contributed by atoms with Crippen molar-refractivity contribution in [1.29, 1.82) is 0 Å². The lowest BCUT2D eigenvalue weighted by Crippen LogP contribution is -2.27. The van der Waals surface area contributed by atoms with Gasteiger partial charge in [0.05, 0.1) is 7.11 Å². The number of methoxy groups -OCH3 is 1. The average molecular weight is 379 g/mol. The summed E-state index contributed by atoms with van der Waals surface area (Å²) in [6.07, 6.45) is 1.04. The van der Waals surface area contributed by atoms with Crippen LogP contribution >= 0.6 is 0 Å². The van der Waals surface area contributed by atoms with Crippen molar-refractivity contribution in [3.05, 3.63) is 70.1 Å². The van der Waals surface area contributed by atoms with Crippen LogP contribution in [-0.2, 0) is 24.3 Å². The molecule has 1 heterocycles. The fourth-order valence-corrected chi connectivity index (χ4v) is 3.18. The fraction of sp³-hybridized carbons (Fsp3) is 0.318. The number of hydrogen-bond donors (Lipinski definition) is 0. The van der Waals surface area contributed by atoms with Gasteiger partial charge in [-0.05, 0) is 50.1 Å². The number of benzene rings is 2. The highest BCUT2D eigenvalue weighted by atomic mass is 16.5. The Bertz CT molecular complexity index is 1020. The molecule has 0 unspecified atom stereocenters. The molecule has 3 rings (SSSR count). The molecule has 0 fully saturated rings. The molecule has 0 atom stereocenters. The zero-order valence-corrected chi connectivity index (χ0v) is 16.5. The van der Waals surface area contributed by atoms with E-state index in [1.807, 2.05) is 56.3 Å². The van der Waals surface area contributed by atoms with Crippen LogP contribution in [-0.4, -0.2) is 27.2 Å². The van der Waals surface area contributed by atoms with Gasteiger partial charge < -0.3 is 4.74 Å². The third-order valence-electron chi connectivity index (χ3n) is 4.69. The highest BCUT2D eigenvalue weighted by Crippen LogP contribution is 2.20. The van der Waals surface area contributed by atoms with E-state index in [9.17, 15) is 9.59 Å². The van der Waals surface area contributed by atoms with Gasteiger partial charge in [-0.25, -0.2) is 9.48 Å². The second-order valence-electron chi connectivity index (χ2n) is 6.76. The summed E-state index contributed by atoms with van der Waals surface area (Å²) in [6, 6.07) is 15.5. The van der Waals surface area contributed by atoms with Crippen LogP contribution in [0.1, 0.15) is 24.5 Å². The van der Waals surface area contributed by atoms with Gasteiger partial charge in [-0.1, -0.05) is 29.8 Å². The lowest BCUT2D eigenvalue weighted by Gasteiger charge is -2.03. The van der Waals surface area contributed by atoms with Crippen molar-refractivity contribution in [3.8, 4) is 17.1 Å². The van der Waals surface area contributed by atoms with Crippen LogP contribution in [0.2, 0.25) is 0 Å². The molecule has 0 aliphatic rings. The smallest absolute Gasteiger partial charge is 0.346 e. The van der Waals surface area contributed by atoms with E-state index in [-0.39, 0.29) is 18.0 Å². The van der Waals surface area contributed by atoms with Gasteiger partial charge >= 0.3 is 5.69 Å². The Labute approximate surface area is 164 Å². The van der Waals surface area contributed by atoms with Crippen molar-refractivity contribution in [2.45, 2.75) is 39.8 Å². The predicted molar refractivity (Wildman–Crippen MR) is 109 cm³/mol. The van der Waals surface area contributed by atoms with E-state index in [0.717, 1.165) is 16.9 Å². The van der Waals surface area contributed by atoms with E-state index in [2.05, 4.69) is 11.2 Å². The number of Topliss-reactive ketones (excluding diaryl/α,β-unsaturated/α-hetero) is 1. The zero-order valence-electron chi connectivity index (χ0n) is 16.5. The first kappa shape index (κ1) is 19.6. The molecule has 28 heavy (non-hydrogen) atoms. The van der Waals surface area contributed by atoms with Gasteiger partial charge in [-0.2, -0.15) is 0 Å². The summed E-state index contributed by atoms with van der Waals surface area (Å²) in [5.74, 6) is 1.28. The van der Waals surface area contributed by atoms with E-state index in [1.54, 1.807) is 11.7 Å². The molecule has 2 aromatic carbocycles. The monoisotopic (exact) mass is 379 g/mol. The maximum atomic E-state index is 12.7. The van der Waals surface area contributed by atoms with Crippen molar-refractivity contribution in [2.75, 3.05) is 7.11 Å². The molecule has 0 aliphatic heterocycles. The topological polar surface area (TPSA) is 66.1 Å². The van der Waals surface area contributed by atoms with Crippen molar-refractivity contribution in [2.24, 2.45) is 0 Å². The van der Waals surface area contributed by atoms with Gasteiger partial charge in [0.15, 0.2) is 11.6 Å². The first-order valence-corrected chi connectivity index (χ1v) is 9.41. The third kappa shape index (κ3) is 4.39. The van der Waals surface area contributed by atoms with Crippen LogP contribution in [0.4, 0.5) is 0 Å². The molecule has 6 heteroatoms. The molecular weight excluding hydrogens is 354 g/mol. The van der Waals surface area contributed by atoms with Gasteiger partial charge in [0.2, 0.25) is 0 Å². The molecule has 0 spiro atoms. The Hall–Kier alpha value is -3.15. The standard InChI is InChI=1S/C22H25N3O3/c1-4-24-21(18-9-12-20(28-3)13-10-18)23-25(22(24)27)15-19(26)11-8-17-7-5-6-16(2)14-17/h5-7,9-10,12-14H,4,8,11,15H2,1-3H3. The Kier molecular flexibility index (Phi) is 6.09. The van der Waals surface area contributed by atoms with E-state index in [4.69, 9.17) is 4.74 Å². The number of ketones is 1. The number of rotatable bonds is 8. The van der Waals surface area contributed by atoms with Gasteiger partial charge in [0.25, 0.3) is 0 Å². The average Bonchev–Trinajstić information content (AvgIpc) is 3.02. The van der Waals surface area contributed by atoms with E-state index in [1.165, 1.54) is 10.2 Å². The van der Waals surface area contributed by atoms with Crippen LogP contribution in [0.5, 0.6) is 5.75 Å². The minimum Gasteiger partial charge on any atom is -0.497 e. The number of ether oxygens (including phenoxy) is 1. The summed E-state index contributed by atoms with van der Waals surface area (Å²) in [5.41, 5.74) is 2.84. The Balaban J connectivity index is 1.75. The first-order valence-electron chi connectivity index (χ1n) is 9.41. The summed E-state index contributed by atoms with van der Waals surface area (Å²) in [6.45, 7) is 4.39. The lowest BCUT2D eigenvalue weighted by molar-refractivity contribution is -0.119. The van der Waals surface area contributed by atoms with Crippen molar-refractivity contribution >= 4 is 5.78 Å². The zero-order chi connectivity index (χ0) is 20.1. The summed E-state index contributed by atoms with van der Waals surface area (Å²) in [5, 5.41) is 4.42. The second kappa shape index (κ2) is 8.69. The SMILES string of the molecule is CCn1c(-c2ccc(OC)cc2)nn(CC(=O)CCc2cccc(C)c2)c1=O. The summed E-state index contributed by atoms with van der Waals surface area (Å²) in [7, 11) is 1.61. The maximum Gasteiger partial charge on any atom is 0.346 e. The van der Waals surface area contributed by atoms with Crippen molar-refractivity contribution < 1.29 is 9.53 Å². The van der Waals surface area contributed by atoms with E-state index in [0.29, 0.717) is 25.2 Å². The minimum absolute atomic E-state index is 0.00867. The summed E-state index contributed by atoms with van der Waals surface area (Å²) >= 11 is 0. The maximum absolute atomic E-state index is 12.7. The van der Waals surface area contributed by atoms with Crippen molar-refractivity contribution in [1.82, 2.24) is 14.3 Å². The Morgan fingerprint density at radius 3 is 2.54 bits per heavy atom. The van der Waals surface area contributed by atoms with Gasteiger partial charge in [0.1, 0.15) is 12.3 Å². The largest absolute Gasteiger partial charge is 0.497 e. The fourth-order valence-electron chi connectivity index (χ4n) is 3.18. The molecule has 0 bridgehead atoms. The van der Waals surface area contributed by atoms with Gasteiger partial charge in [-0.3, -0.25) is 9.36 Å². The Morgan fingerprint density at radius 1 is 1.14 bits per heavy atom. The normalized spacial score (nSPS) is 10.8. The molecule has 0 N–H and O–H groups in total. The van der Waals surface area contributed by atoms with E-state index >= 15 is 0 Å². The molecule has 0 saturated heterocycles. The highest BCUT2D eigenvalue weighted by molar-refractivity contribution is 5.78. The summed E-state index contributed by atoms with van der Waals surface area (Å²) < 4.78 is 8.02. The molecule has 0 aliphatic carbocycles. The molecule has 6 nitrogen and oxygen atoms in total. The van der Waals surface area contributed by atoms with Crippen LogP contribution < -0.4 is 10.4 Å².